The molecule has 144 heavy (non-hydrogen) atoms. The van der Waals surface area contributed by atoms with Crippen LogP contribution in [0.2, 0.25) is 0 Å². The number of rotatable bonds is 29. The van der Waals surface area contributed by atoms with Crippen LogP contribution >= 0.6 is 164 Å². The number of ketones is 1. The first-order chi connectivity index (χ1) is 68.2. The van der Waals surface area contributed by atoms with Gasteiger partial charge in [0.25, 0.3) is 22.2 Å². The molecule has 3 saturated carbocycles. The van der Waals surface area contributed by atoms with Gasteiger partial charge in [-0.2, -0.15) is 19.2 Å². The van der Waals surface area contributed by atoms with E-state index in [1.54, 1.807) is 50.2 Å². The SMILES string of the molecule is C.C.CC(=O)c1sccc1N=CC=S.CCCCn1c(=S)[nH]c2ccsc2c1=O.CCCCn1c(SCc2cc(C)ccc2C)nc2ccsc2c1=O.COC(=O)c1sccc1N=CC=S.Cc1ccc(C)c(CCl)c1.Cc1ccc(C)c(CCl)c1.Cc1ccc(C)c(CSc2nc3ccsc3c(=O)n2CC2CC2)c1.NCC1CC1.NCCCCC(=O)O.O=C=O.O=C=O.O=c1c2sccc2[nH]c(=S)n1CC1CC1. The normalized spacial score (nSPS) is 11.7. The Labute approximate surface area is 904 Å². The van der Waals surface area contributed by atoms with Crippen LogP contribution in [-0.2, 0) is 78.2 Å². The molecule has 0 radical (unpaired) electrons. The molecule has 3 aliphatic rings. The summed E-state index contributed by atoms with van der Waals surface area (Å²) < 4.78 is 15.9. The molecule has 39 heteroatoms. The van der Waals surface area contributed by atoms with Gasteiger partial charge in [-0.25, -0.2) is 14.8 Å². The Morgan fingerprint density at radius 2 is 0.854 bits per heavy atom. The first-order valence-electron chi connectivity index (χ1n) is 45.6. The number of H-pyrrole nitrogens is 2. The number of carboxylic acid groups (broad SMARTS) is 1. The van der Waals surface area contributed by atoms with Gasteiger partial charge in [0.2, 0.25) is 0 Å². The predicted octanol–water partition coefficient (Wildman–Crippen LogP) is 27.0. The highest BCUT2D eigenvalue weighted by Gasteiger charge is 2.26. The zero-order valence-corrected chi connectivity index (χ0v) is 92.7. The molecule has 7 N–H and O–H groups in total. The molecule has 772 valence electrons. The second kappa shape index (κ2) is 68.6. The molecular weight excluding hydrogens is 2090 g/mol. The van der Waals surface area contributed by atoms with E-state index in [-0.39, 0.29) is 67.6 Å². The van der Waals surface area contributed by atoms with Gasteiger partial charge in [-0.1, -0.05) is 185 Å². The second-order valence-corrected chi connectivity index (χ2v) is 42.0. The van der Waals surface area contributed by atoms with E-state index in [0.717, 1.165) is 127 Å². The van der Waals surface area contributed by atoms with Crippen molar-refractivity contribution in [3.05, 3.63) is 269 Å². The van der Waals surface area contributed by atoms with Crippen LogP contribution in [0.3, 0.4) is 0 Å². The molecule has 14 aromatic rings. The summed E-state index contributed by atoms with van der Waals surface area (Å²) in [5.74, 6) is 4.09. The zero-order valence-electron chi connectivity index (χ0n) is 81.4. The molecule has 0 unspecified atom stereocenters. The minimum atomic E-state index is -0.738. The lowest BCUT2D eigenvalue weighted by Gasteiger charge is -2.12. The van der Waals surface area contributed by atoms with E-state index in [4.69, 9.17) is 93.4 Å². The Bertz CT molecular complexity index is 6910. The van der Waals surface area contributed by atoms with Gasteiger partial charge in [0.05, 0.1) is 45.4 Å². The van der Waals surface area contributed by atoms with Crippen molar-refractivity contribution in [2.45, 2.75) is 234 Å². The van der Waals surface area contributed by atoms with E-state index in [1.165, 1.54) is 211 Å². The number of aromatic nitrogens is 8. The number of unbranched alkanes of at least 4 members (excludes halogenated alkanes) is 3. The number of carboxylic acids is 1. The number of esters is 1. The lowest BCUT2D eigenvalue weighted by atomic mass is 10.1. The van der Waals surface area contributed by atoms with Gasteiger partial charge in [-0.3, -0.25) is 57.0 Å². The van der Waals surface area contributed by atoms with Gasteiger partial charge in [-0.15, -0.1) is 91.2 Å². The zero-order chi connectivity index (χ0) is 104. The Kier molecular flexibility index (Phi) is 60.2. The minimum absolute atomic E-state index is 0. The number of aromatic amines is 2. The van der Waals surface area contributed by atoms with Crippen LogP contribution in [0, 0.1) is 82.7 Å². The van der Waals surface area contributed by atoms with Crippen molar-refractivity contribution in [2.75, 3.05) is 20.2 Å². The number of nitrogens with two attached hydrogens (primary N) is 2. The first kappa shape index (κ1) is 126. The van der Waals surface area contributed by atoms with Crippen molar-refractivity contribution in [2.24, 2.45) is 39.2 Å². The number of aliphatic carboxylic acids is 1. The quantitative estimate of drug-likeness (QED) is 0.00425. The third-order valence-corrected chi connectivity index (χ3v) is 30.4. The van der Waals surface area contributed by atoms with Crippen LogP contribution < -0.4 is 33.7 Å². The van der Waals surface area contributed by atoms with Gasteiger partial charge in [0.15, 0.2) is 25.6 Å². The molecule has 4 aromatic carbocycles. The Balaban J connectivity index is 0.000000339. The maximum Gasteiger partial charge on any atom is 0.373 e. The number of carbonyl (C=O) groups excluding carboxylic acids is 6. The standard InChI is InChI=1S/C19H20N2OS2.C19H22N2OS2.C10H10N2OS2.C10H12N2OS2.2C9H11Cl.C8H7NO2S2.C8H7NOS2.C5H11NO2.C4H9N.2CO2.2CH4/c1-12-3-4-13(2)15(9-12)11-24-19-20-16-7-8-23-17(16)18(22)21(19)10-14-5-6-14;1-4-5-9-21-18(22)17-16(8-10-23-17)20-19(21)24-12-15-11-13(2)6-7-14(15)3;13-9-8-7(3-4-15-8)11-10(14)12(9)5-6-1-2-6;1-2-3-5-12-9(13)8-7(4-6-15-8)11-10(12)14;2*1-7-3-4-8(2)9(5-7)6-10;1-11-8(10)7-6(2-5-13-7)9-3-4-12;1-6(10)8-7(2-5-12-8)9-3-4-11;6-4-2-1-3-5(7)8;5-3-4-1-2-4;2*2-1-3;;/h3-4,7-9,14H,5-6,10-11H2,1-2H3;6-8,10-11H,4-5,9,12H2,1-3H3;3-4,6H,1-2,5H2,(H,11,14);4,6H,2-3,5H2,1H3,(H,11,14);2*3-5H,6H2,1-2H3;2-5H,1H3;2-5H,1H3;1-4,6H2,(H,7,8);4H,1-3,5H2;;;2*1H4. The summed E-state index contributed by atoms with van der Waals surface area (Å²) in [5, 5.41) is 23.9. The third-order valence-electron chi connectivity index (χ3n) is 21.4. The van der Waals surface area contributed by atoms with Gasteiger partial charge in [-0.05, 0) is 288 Å². The van der Waals surface area contributed by atoms with Crippen LogP contribution in [0.5, 0.6) is 0 Å². The van der Waals surface area contributed by atoms with E-state index >= 15 is 0 Å². The minimum Gasteiger partial charge on any atom is -0.481 e. The lowest BCUT2D eigenvalue weighted by Crippen LogP contribution is -2.23. The number of aliphatic imine (C=N–C) groups is 2. The fourth-order valence-electron chi connectivity index (χ4n) is 12.9. The number of Topliss-reactive ketones (excluding diaryl/α,β-unsaturated/α-hetero) is 1. The van der Waals surface area contributed by atoms with E-state index < -0.39 is 5.97 Å². The number of hydrogen-bond acceptors (Lipinski definition) is 30. The summed E-state index contributed by atoms with van der Waals surface area (Å²) in [6.07, 6.45) is 17.0. The topological polar surface area (TPSA) is 371 Å². The van der Waals surface area contributed by atoms with Crippen molar-refractivity contribution >= 4 is 269 Å². The van der Waals surface area contributed by atoms with Gasteiger partial charge in [0.1, 0.15) is 23.7 Å². The Morgan fingerprint density at radius 1 is 0.500 bits per heavy atom. The number of thiophene rings is 6. The van der Waals surface area contributed by atoms with Crippen LogP contribution in [0.15, 0.2) is 181 Å². The summed E-state index contributed by atoms with van der Waals surface area (Å²) in [4.78, 5) is 139. The highest BCUT2D eigenvalue weighted by molar-refractivity contribution is 7.98. The van der Waals surface area contributed by atoms with Crippen molar-refractivity contribution < 1.29 is 43.4 Å². The summed E-state index contributed by atoms with van der Waals surface area (Å²) in [6, 6.07) is 36.9. The van der Waals surface area contributed by atoms with Crippen LogP contribution in [0.4, 0.5) is 11.4 Å². The van der Waals surface area contributed by atoms with Gasteiger partial charge >= 0.3 is 24.2 Å². The number of halogens is 2. The predicted molar refractivity (Wildman–Crippen MR) is 617 cm³/mol. The van der Waals surface area contributed by atoms with E-state index in [9.17, 15) is 33.6 Å². The van der Waals surface area contributed by atoms with E-state index in [0.29, 0.717) is 73.8 Å². The number of thioether (sulfide) groups is 2. The van der Waals surface area contributed by atoms with Crippen molar-refractivity contribution in [3.8, 4) is 0 Å². The Morgan fingerprint density at radius 3 is 1.23 bits per heavy atom. The number of hydrogen-bond donors (Lipinski definition) is 5. The summed E-state index contributed by atoms with van der Waals surface area (Å²) in [6.45, 7) is 27.1. The average Bonchev–Trinajstić information content (AvgIpc) is 1.63. The summed E-state index contributed by atoms with van der Waals surface area (Å²) in [7, 11) is 1.34. The van der Waals surface area contributed by atoms with Crippen LogP contribution in [0.25, 0.3) is 40.9 Å². The average molecular weight is 2220 g/mol. The highest BCUT2D eigenvalue weighted by atomic mass is 35.5. The van der Waals surface area contributed by atoms with Gasteiger partial charge in [0, 0.05) is 86.0 Å². The number of ether oxygens (including phenoxy) is 1. The monoisotopic (exact) mass is 2220 g/mol. The van der Waals surface area contributed by atoms with Gasteiger partial charge < -0.3 is 31.3 Å². The molecule has 10 heterocycles. The number of aryl methyl sites for hydroxylation is 8. The number of nitrogens with one attached hydrogen (secondary N) is 2. The second-order valence-electron chi connectivity index (χ2n) is 32.8. The molecule has 3 aliphatic carbocycles. The number of methoxy groups -OCH3 is 1. The van der Waals surface area contributed by atoms with Crippen LogP contribution in [0.1, 0.15) is 205 Å². The van der Waals surface area contributed by atoms with E-state index in [1.807, 2.05) is 60.3 Å². The fraction of sp³-hybridized carbons (Fsp3) is 0.381. The van der Waals surface area contributed by atoms with Crippen molar-refractivity contribution in [1.82, 2.24) is 38.2 Å². The molecule has 0 amide bonds. The summed E-state index contributed by atoms with van der Waals surface area (Å²) in [5.41, 5.74) is 30.7. The lowest BCUT2D eigenvalue weighted by molar-refractivity contribution is -0.193. The number of benzene rings is 4. The van der Waals surface area contributed by atoms with Crippen molar-refractivity contribution in [1.29, 1.82) is 0 Å². The van der Waals surface area contributed by atoms with E-state index in [2.05, 4.69) is 191 Å². The number of thiocarbonyl (C=S) groups is 2. The Hall–Kier alpha value is -9.83. The number of carbonyl (C=O) groups is 3. The summed E-state index contributed by atoms with van der Waals surface area (Å²) >= 11 is 42.9. The molecule has 0 aliphatic heterocycles. The maximum absolute atomic E-state index is 12.8. The van der Waals surface area contributed by atoms with Crippen LogP contribution in [-0.4, -0.2) is 117 Å². The molecule has 25 nitrogen and oxygen atoms in total. The molecule has 3 fully saturated rings. The number of alkyl halides is 2. The largest absolute Gasteiger partial charge is 0.481 e. The maximum atomic E-state index is 12.8. The molecule has 10 aromatic heterocycles. The highest BCUT2D eigenvalue weighted by Crippen LogP contribution is 2.35. The molecule has 0 spiro atoms. The number of fused-ring (bicyclic) bond motifs is 4. The van der Waals surface area contributed by atoms with Crippen molar-refractivity contribution in [3.63, 3.8) is 0 Å². The third kappa shape index (κ3) is 42.9. The molecule has 0 saturated heterocycles. The smallest absolute Gasteiger partial charge is 0.373 e. The fourth-order valence-corrected chi connectivity index (χ4v) is 20.9. The molecule has 17 rings (SSSR count). The molecule has 0 bridgehead atoms. The first-order valence-corrected chi connectivity index (χ1v) is 55.6. The number of nitrogens with zero attached hydrogens (tertiary/aromatic N) is 8. The molecule has 0 atom stereocenters. The molecular formula is C105H128Cl2N12O13S12.